The van der Waals surface area contributed by atoms with Gasteiger partial charge in [-0.3, -0.25) is 4.79 Å². The lowest BCUT2D eigenvalue weighted by Crippen LogP contribution is -2.41. The number of hydrogen-bond donors (Lipinski definition) is 1. The molecule has 2 aromatic carbocycles. The largest absolute Gasteiger partial charge is 0.486 e. The molecule has 3 heterocycles. The molecule has 1 atom stereocenters. The van der Waals surface area contributed by atoms with Gasteiger partial charge in [0.15, 0.2) is 23.1 Å². The molecule has 0 spiro atoms. The number of rotatable bonds is 5. The Balaban J connectivity index is 1.35. The molecular weight excluding hydrogens is 396 g/mol. The fourth-order valence-electron chi connectivity index (χ4n) is 3.36. The van der Waals surface area contributed by atoms with Crippen molar-refractivity contribution >= 4 is 5.91 Å². The number of ether oxygens (including phenoxy) is 2. The van der Waals surface area contributed by atoms with Crippen molar-refractivity contribution in [2.75, 3.05) is 13.2 Å². The van der Waals surface area contributed by atoms with Crippen LogP contribution in [0.5, 0.6) is 11.5 Å². The Morgan fingerprint density at radius 3 is 2.81 bits per heavy atom. The molecule has 1 N–H and O–H groups in total. The fourth-order valence-corrected chi connectivity index (χ4v) is 3.36. The van der Waals surface area contributed by atoms with E-state index in [-0.39, 0.29) is 18.5 Å². The Morgan fingerprint density at radius 1 is 1.13 bits per heavy atom. The van der Waals surface area contributed by atoms with E-state index < -0.39 is 5.91 Å². The van der Waals surface area contributed by atoms with Crippen molar-refractivity contribution in [2.24, 2.45) is 0 Å². The highest BCUT2D eigenvalue weighted by molar-refractivity contribution is 5.90. The lowest BCUT2D eigenvalue weighted by molar-refractivity contribution is 0.0783. The number of aromatic nitrogens is 3. The van der Waals surface area contributed by atoms with Gasteiger partial charge >= 0.3 is 0 Å². The SMILES string of the molecule is Cc1cccc(-n2nc(C(=O)NCC3COc4ccccc4O3)nc2-c2ccco2)c1. The highest BCUT2D eigenvalue weighted by atomic mass is 16.6. The number of para-hydroxylation sites is 2. The topological polar surface area (TPSA) is 91.4 Å². The molecule has 1 aliphatic rings. The van der Waals surface area contributed by atoms with Crippen molar-refractivity contribution < 1.29 is 18.7 Å². The number of benzene rings is 2. The Hall–Kier alpha value is -4.07. The van der Waals surface area contributed by atoms with Gasteiger partial charge in [0.1, 0.15) is 12.7 Å². The van der Waals surface area contributed by atoms with Crippen LogP contribution in [0.2, 0.25) is 0 Å². The van der Waals surface area contributed by atoms with Gasteiger partial charge in [0.05, 0.1) is 18.5 Å². The predicted molar refractivity (Wildman–Crippen MR) is 112 cm³/mol. The average Bonchev–Trinajstić information content (AvgIpc) is 3.47. The summed E-state index contributed by atoms with van der Waals surface area (Å²) in [5.74, 6) is 1.98. The molecule has 0 aliphatic carbocycles. The highest BCUT2D eigenvalue weighted by Gasteiger charge is 2.24. The Kier molecular flexibility index (Phi) is 4.87. The molecule has 8 heteroatoms. The summed E-state index contributed by atoms with van der Waals surface area (Å²) in [4.78, 5) is 17.2. The first kappa shape index (κ1) is 18.9. The third-order valence-electron chi connectivity index (χ3n) is 4.86. The van der Waals surface area contributed by atoms with Gasteiger partial charge in [-0.25, -0.2) is 4.68 Å². The molecule has 156 valence electrons. The van der Waals surface area contributed by atoms with Crippen LogP contribution in [-0.4, -0.2) is 39.9 Å². The second-order valence-electron chi connectivity index (χ2n) is 7.19. The molecule has 1 unspecified atom stereocenters. The van der Waals surface area contributed by atoms with Crippen LogP contribution in [0.15, 0.2) is 71.3 Å². The number of carbonyl (C=O) groups is 1. The smallest absolute Gasteiger partial charge is 0.291 e. The minimum absolute atomic E-state index is 0.0463. The summed E-state index contributed by atoms with van der Waals surface area (Å²) in [6, 6.07) is 18.8. The second-order valence-corrected chi connectivity index (χ2v) is 7.19. The van der Waals surface area contributed by atoms with Crippen LogP contribution < -0.4 is 14.8 Å². The average molecular weight is 416 g/mol. The van der Waals surface area contributed by atoms with Crippen LogP contribution in [0.3, 0.4) is 0 Å². The molecule has 1 amide bonds. The van der Waals surface area contributed by atoms with Crippen molar-refractivity contribution in [1.29, 1.82) is 0 Å². The summed E-state index contributed by atoms with van der Waals surface area (Å²) >= 11 is 0. The minimum atomic E-state index is -0.401. The van der Waals surface area contributed by atoms with Gasteiger partial charge in [-0.15, -0.1) is 5.10 Å². The van der Waals surface area contributed by atoms with Gasteiger partial charge < -0.3 is 19.2 Å². The highest BCUT2D eigenvalue weighted by Crippen LogP contribution is 2.30. The number of hydrogen-bond acceptors (Lipinski definition) is 6. The maximum absolute atomic E-state index is 12.8. The summed E-state index contributed by atoms with van der Waals surface area (Å²) in [5.41, 5.74) is 1.86. The molecule has 4 aromatic rings. The van der Waals surface area contributed by atoms with E-state index >= 15 is 0 Å². The molecule has 0 radical (unpaired) electrons. The lowest BCUT2D eigenvalue weighted by atomic mass is 10.2. The molecule has 5 rings (SSSR count). The van der Waals surface area contributed by atoms with E-state index in [4.69, 9.17) is 13.9 Å². The number of aryl methyl sites for hydroxylation is 1. The van der Waals surface area contributed by atoms with E-state index in [9.17, 15) is 4.79 Å². The number of carbonyl (C=O) groups excluding carboxylic acids is 1. The molecule has 0 fully saturated rings. The lowest BCUT2D eigenvalue weighted by Gasteiger charge is -2.26. The van der Waals surface area contributed by atoms with E-state index in [2.05, 4.69) is 15.4 Å². The van der Waals surface area contributed by atoms with Crippen molar-refractivity contribution in [2.45, 2.75) is 13.0 Å². The van der Waals surface area contributed by atoms with Gasteiger partial charge in [0.2, 0.25) is 5.82 Å². The van der Waals surface area contributed by atoms with Crippen molar-refractivity contribution in [1.82, 2.24) is 20.1 Å². The Morgan fingerprint density at radius 2 is 2.00 bits per heavy atom. The maximum Gasteiger partial charge on any atom is 0.291 e. The zero-order valence-electron chi connectivity index (χ0n) is 16.8. The second kappa shape index (κ2) is 7.98. The van der Waals surface area contributed by atoms with E-state index in [1.807, 2.05) is 55.5 Å². The zero-order valence-corrected chi connectivity index (χ0v) is 16.8. The fraction of sp³-hybridized carbons (Fsp3) is 0.174. The minimum Gasteiger partial charge on any atom is -0.486 e. The number of furan rings is 1. The molecule has 0 saturated heterocycles. The third-order valence-corrected chi connectivity index (χ3v) is 4.86. The predicted octanol–water partition coefficient (Wildman–Crippen LogP) is 3.41. The van der Waals surface area contributed by atoms with Crippen LogP contribution in [0.4, 0.5) is 0 Å². The van der Waals surface area contributed by atoms with Gasteiger partial charge in [-0.2, -0.15) is 4.98 Å². The molecule has 1 aliphatic heterocycles. The first-order valence-electron chi connectivity index (χ1n) is 9.92. The number of amides is 1. The van der Waals surface area contributed by atoms with E-state index in [1.165, 1.54) is 0 Å². The van der Waals surface area contributed by atoms with Crippen molar-refractivity contribution in [3.05, 3.63) is 78.3 Å². The summed E-state index contributed by atoms with van der Waals surface area (Å²) in [6.07, 6.45) is 1.25. The maximum atomic E-state index is 12.8. The van der Waals surface area contributed by atoms with E-state index in [1.54, 1.807) is 23.1 Å². The molecule has 0 bridgehead atoms. The summed E-state index contributed by atoms with van der Waals surface area (Å²) < 4.78 is 18.7. The van der Waals surface area contributed by atoms with Crippen LogP contribution >= 0.6 is 0 Å². The quantitative estimate of drug-likeness (QED) is 0.536. The summed E-state index contributed by atoms with van der Waals surface area (Å²) in [6.45, 7) is 2.60. The summed E-state index contributed by atoms with van der Waals surface area (Å²) in [7, 11) is 0. The number of fused-ring (bicyclic) bond motifs is 1. The molecule has 31 heavy (non-hydrogen) atoms. The Labute approximate surface area is 178 Å². The van der Waals surface area contributed by atoms with Gasteiger partial charge in [-0.1, -0.05) is 24.3 Å². The Bertz CT molecular complexity index is 1220. The van der Waals surface area contributed by atoms with Crippen LogP contribution in [0, 0.1) is 6.92 Å². The first-order valence-corrected chi connectivity index (χ1v) is 9.92. The van der Waals surface area contributed by atoms with Gasteiger partial charge in [0.25, 0.3) is 5.91 Å². The molecule has 2 aromatic heterocycles. The van der Waals surface area contributed by atoms with Crippen LogP contribution in [0.25, 0.3) is 17.3 Å². The third kappa shape index (κ3) is 3.87. The van der Waals surface area contributed by atoms with Crippen LogP contribution in [-0.2, 0) is 0 Å². The molecule has 0 saturated carbocycles. The van der Waals surface area contributed by atoms with E-state index in [0.29, 0.717) is 29.7 Å². The zero-order chi connectivity index (χ0) is 21.2. The van der Waals surface area contributed by atoms with Crippen LogP contribution in [0.1, 0.15) is 16.2 Å². The standard InChI is InChI=1S/C23H20N4O4/c1-15-6-4-7-16(12-15)27-22(20-10-5-11-29-20)25-21(26-27)23(28)24-13-17-14-30-18-8-2-3-9-19(18)31-17/h2-12,17H,13-14H2,1H3,(H,24,28). The van der Waals surface area contributed by atoms with E-state index in [0.717, 1.165) is 11.3 Å². The normalized spacial score (nSPS) is 14.9. The molecule has 8 nitrogen and oxygen atoms in total. The monoisotopic (exact) mass is 416 g/mol. The van der Waals surface area contributed by atoms with Gasteiger partial charge in [0, 0.05) is 0 Å². The number of nitrogens with one attached hydrogen (secondary N) is 1. The first-order chi connectivity index (χ1) is 15.2. The number of nitrogens with zero attached hydrogens (tertiary/aromatic N) is 3. The molecular formula is C23H20N4O4. The summed E-state index contributed by atoms with van der Waals surface area (Å²) in [5, 5.41) is 7.27. The van der Waals surface area contributed by atoms with Crippen molar-refractivity contribution in [3.8, 4) is 28.8 Å². The van der Waals surface area contributed by atoms with Crippen molar-refractivity contribution in [3.63, 3.8) is 0 Å². The van der Waals surface area contributed by atoms with Gasteiger partial charge in [-0.05, 0) is 48.9 Å².